The maximum Gasteiger partial charge on any atom is 0.408 e. The molecule has 0 aromatic rings. The number of carbonyl (C=O) groups excluding carboxylic acids is 1. The van der Waals surface area contributed by atoms with E-state index >= 15 is 0 Å². The number of rotatable bonds is 5. The quantitative estimate of drug-likeness (QED) is 0.808. The van der Waals surface area contributed by atoms with Crippen molar-refractivity contribution < 1.29 is 17.9 Å². The van der Waals surface area contributed by atoms with Crippen LogP contribution in [0, 0.1) is 0 Å². The minimum absolute atomic E-state index is 0.177. The largest absolute Gasteiger partial charge is 0.444 e. The Balaban J connectivity index is 4.39. The highest BCUT2D eigenvalue weighted by Crippen LogP contribution is 2.06. The van der Waals surface area contributed by atoms with Gasteiger partial charge in [0.05, 0.1) is 0 Å². The second-order valence-corrected chi connectivity index (χ2v) is 7.18. The minimum atomic E-state index is -3.47. The molecule has 0 spiro atoms. The van der Waals surface area contributed by atoms with Gasteiger partial charge >= 0.3 is 6.09 Å². The second-order valence-electron chi connectivity index (χ2n) is 5.58. The van der Waals surface area contributed by atoms with Gasteiger partial charge in [0, 0.05) is 17.5 Å². The van der Waals surface area contributed by atoms with Crippen molar-refractivity contribution in [2.24, 2.45) is 0 Å². The first-order chi connectivity index (χ1) is 8.41. The zero-order chi connectivity index (χ0) is 15.3. The maximum absolute atomic E-state index is 11.5. The van der Waals surface area contributed by atoms with E-state index in [0.29, 0.717) is 0 Å². The lowest BCUT2D eigenvalue weighted by atomic mass is 10.2. The van der Waals surface area contributed by atoms with Crippen molar-refractivity contribution in [2.45, 2.75) is 59.2 Å². The molecule has 0 rings (SSSR count). The maximum atomic E-state index is 11.5. The fourth-order valence-electron chi connectivity index (χ4n) is 1.13. The van der Waals surface area contributed by atoms with Crippen LogP contribution in [-0.4, -0.2) is 32.2 Å². The normalized spacial score (nSPS) is 14.7. The zero-order valence-electron chi connectivity index (χ0n) is 12.4. The topological polar surface area (TPSA) is 84.5 Å². The van der Waals surface area contributed by atoms with E-state index < -0.39 is 27.8 Å². The van der Waals surface area contributed by atoms with Crippen LogP contribution in [0.15, 0.2) is 11.5 Å². The molecule has 0 heterocycles. The molecule has 1 atom stereocenters. The van der Waals surface area contributed by atoms with Gasteiger partial charge in [-0.25, -0.2) is 17.9 Å². The molecule has 0 saturated heterocycles. The highest BCUT2D eigenvalue weighted by atomic mass is 32.2. The molecule has 0 radical (unpaired) electrons. The predicted octanol–water partition coefficient (Wildman–Crippen LogP) is 1.74. The monoisotopic (exact) mass is 292 g/mol. The van der Waals surface area contributed by atoms with E-state index in [2.05, 4.69) is 10.0 Å². The van der Waals surface area contributed by atoms with E-state index in [0.717, 1.165) is 5.41 Å². The third-order valence-corrected chi connectivity index (χ3v) is 3.01. The predicted molar refractivity (Wildman–Crippen MR) is 75.2 cm³/mol. The first kappa shape index (κ1) is 17.9. The second kappa shape index (κ2) is 6.91. The summed E-state index contributed by atoms with van der Waals surface area (Å²) in [6, 6.07) is -0.623. The molecule has 0 aliphatic rings. The Morgan fingerprint density at radius 3 is 2.16 bits per heavy atom. The van der Waals surface area contributed by atoms with Crippen LogP contribution in [0.1, 0.15) is 41.5 Å². The summed E-state index contributed by atoms with van der Waals surface area (Å²) in [5, 5.41) is 3.56. The smallest absolute Gasteiger partial charge is 0.408 e. The van der Waals surface area contributed by atoms with E-state index in [1.54, 1.807) is 41.5 Å². The Morgan fingerprint density at radius 2 is 1.74 bits per heavy atom. The summed E-state index contributed by atoms with van der Waals surface area (Å²) >= 11 is 0. The number of alkyl carbamates (subject to hydrolysis) is 1. The lowest BCUT2D eigenvalue weighted by molar-refractivity contribution is 0.0518. The number of ether oxygens (including phenoxy) is 1. The van der Waals surface area contributed by atoms with Gasteiger partial charge in [-0.05, 0) is 47.6 Å². The Labute approximate surface area is 115 Å². The van der Waals surface area contributed by atoms with E-state index in [-0.39, 0.29) is 6.04 Å². The van der Waals surface area contributed by atoms with Crippen molar-refractivity contribution in [1.82, 2.24) is 10.0 Å². The van der Waals surface area contributed by atoms with Crippen LogP contribution in [0.5, 0.6) is 0 Å². The Hall–Kier alpha value is -1.08. The molecule has 2 N–H and O–H groups in total. The van der Waals surface area contributed by atoms with E-state index in [1.807, 2.05) is 0 Å². The Bertz CT molecular complexity index is 422. The molecule has 0 aliphatic carbocycles. The van der Waals surface area contributed by atoms with E-state index in [4.69, 9.17) is 4.74 Å². The summed E-state index contributed by atoms with van der Waals surface area (Å²) in [5.41, 5.74) is -0.585. The molecule has 0 aliphatic heterocycles. The number of hydrogen-bond acceptors (Lipinski definition) is 4. The fourth-order valence-corrected chi connectivity index (χ4v) is 2.31. The number of sulfonamides is 1. The van der Waals surface area contributed by atoms with Crippen molar-refractivity contribution >= 4 is 16.1 Å². The molecule has 0 aromatic heterocycles. The molecule has 1 amide bonds. The number of carbonyl (C=O) groups is 1. The molecule has 6 nitrogen and oxygen atoms in total. The summed E-state index contributed by atoms with van der Waals surface area (Å²) in [4.78, 5) is 11.4. The van der Waals surface area contributed by atoms with Crippen LogP contribution in [0.4, 0.5) is 4.79 Å². The van der Waals surface area contributed by atoms with Crippen molar-refractivity contribution in [1.29, 1.82) is 0 Å². The standard InChI is InChI=1S/C12H24N2O4S/c1-9(2)14-19(16,17)8-7-10(3)13-11(15)18-12(4,5)6/h7-10,14H,1-6H3,(H,13,15)/b8-7+/t10-/m0/s1. The lowest BCUT2D eigenvalue weighted by Crippen LogP contribution is -2.37. The van der Waals surface area contributed by atoms with Gasteiger partial charge in [-0.1, -0.05) is 0 Å². The van der Waals surface area contributed by atoms with Gasteiger partial charge in [0.2, 0.25) is 10.0 Å². The third kappa shape index (κ3) is 10.5. The highest BCUT2D eigenvalue weighted by molar-refractivity contribution is 7.92. The first-order valence-electron chi connectivity index (χ1n) is 6.11. The van der Waals surface area contributed by atoms with Crippen molar-refractivity contribution in [3.8, 4) is 0 Å². The molecule has 0 bridgehead atoms. The summed E-state index contributed by atoms with van der Waals surface area (Å²) in [6.45, 7) is 10.4. The Morgan fingerprint density at radius 1 is 1.21 bits per heavy atom. The van der Waals surface area contributed by atoms with Crippen LogP contribution in [0.3, 0.4) is 0 Å². The minimum Gasteiger partial charge on any atom is -0.444 e. The molecule has 112 valence electrons. The summed E-state index contributed by atoms with van der Waals surface area (Å²) in [5.74, 6) is 0. The van der Waals surface area contributed by atoms with Gasteiger partial charge < -0.3 is 10.1 Å². The van der Waals surface area contributed by atoms with Gasteiger partial charge in [0.25, 0.3) is 0 Å². The first-order valence-corrected chi connectivity index (χ1v) is 7.66. The third-order valence-electron chi connectivity index (χ3n) is 1.69. The van der Waals surface area contributed by atoms with Crippen molar-refractivity contribution in [3.05, 3.63) is 11.5 Å². The molecule has 19 heavy (non-hydrogen) atoms. The van der Waals surface area contributed by atoms with Gasteiger partial charge in [-0.2, -0.15) is 0 Å². The highest BCUT2D eigenvalue weighted by Gasteiger charge is 2.17. The Kier molecular flexibility index (Phi) is 6.51. The van der Waals surface area contributed by atoms with Gasteiger partial charge in [-0.3, -0.25) is 0 Å². The van der Waals surface area contributed by atoms with Gasteiger partial charge in [0.15, 0.2) is 0 Å². The fraction of sp³-hybridized carbons (Fsp3) is 0.750. The van der Waals surface area contributed by atoms with Crippen LogP contribution in [0.25, 0.3) is 0 Å². The van der Waals surface area contributed by atoms with Gasteiger partial charge in [-0.15, -0.1) is 0 Å². The van der Waals surface area contributed by atoms with E-state index in [1.165, 1.54) is 6.08 Å². The number of amides is 1. The molecule has 0 saturated carbocycles. The van der Waals surface area contributed by atoms with Crippen LogP contribution < -0.4 is 10.0 Å². The summed E-state index contributed by atoms with van der Waals surface area (Å²) < 4.78 is 30.5. The van der Waals surface area contributed by atoms with E-state index in [9.17, 15) is 13.2 Å². The number of nitrogens with one attached hydrogen (secondary N) is 2. The summed E-state index contributed by atoms with van der Waals surface area (Å²) in [6.07, 6.45) is 0.799. The molecule has 0 unspecified atom stereocenters. The number of hydrogen-bond donors (Lipinski definition) is 2. The molecule has 7 heteroatoms. The SMILES string of the molecule is CC(C)NS(=O)(=O)/C=C/[C@H](C)NC(=O)OC(C)(C)C. The lowest BCUT2D eigenvalue weighted by Gasteiger charge is -2.21. The zero-order valence-corrected chi connectivity index (χ0v) is 13.2. The van der Waals surface area contributed by atoms with Crippen LogP contribution in [0.2, 0.25) is 0 Å². The molecular weight excluding hydrogens is 268 g/mol. The molecule has 0 fully saturated rings. The summed E-state index contributed by atoms with van der Waals surface area (Å²) in [7, 11) is -3.47. The van der Waals surface area contributed by atoms with Crippen molar-refractivity contribution in [3.63, 3.8) is 0 Å². The van der Waals surface area contributed by atoms with Crippen LogP contribution >= 0.6 is 0 Å². The molecule has 0 aromatic carbocycles. The van der Waals surface area contributed by atoms with Gasteiger partial charge in [0.1, 0.15) is 5.60 Å². The molecular formula is C12H24N2O4S. The average molecular weight is 292 g/mol. The average Bonchev–Trinajstić information content (AvgIpc) is 2.09. The van der Waals surface area contributed by atoms with Crippen LogP contribution in [-0.2, 0) is 14.8 Å². The van der Waals surface area contributed by atoms with Crippen molar-refractivity contribution in [2.75, 3.05) is 0 Å².